The number of anilines is 1. The fourth-order valence-electron chi connectivity index (χ4n) is 2.90. The number of hydrogen-bond acceptors (Lipinski definition) is 7. The molecule has 1 N–H and O–H groups in total. The second kappa shape index (κ2) is 8.28. The van der Waals surface area contributed by atoms with E-state index in [0.29, 0.717) is 32.3 Å². The normalized spacial score (nSPS) is 11.4. The highest BCUT2D eigenvalue weighted by Gasteiger charge is 2.22. The Morgan fingerprint density at radius 1 is 1.24 bits per heavy atom. The topological polar surface area (TPSA) is 99.0 Å². The van der Waals surface area contributed by atoms with Crippen LogP contribution in [0.4, 0.5) is 5.13 Å². The molecule has 0 spiro atoms. The molecular weight excluding hydrogens is 390 g/mol. The van der Waals surface area contributed by atoms with E-state index in [9.17, 15) is 9.59 Å². The lowest BCUT2D eigenvalue weighted by molar-refractivity contribution is 0.0531. The van der Waals surface area contributed by atoms with Gasteiger partial charge in [-0.3, -0.25) is 10.1 Å². The molecule has 0 bridgehead atoms. The minimum Gasteiger partial charge on any atom is -0.462 e. The van der Waals surface area contributed by atoms with Gasteiger partial charge < -0.3 is 4.74 Å². The number of pyridine rings is 1. The van der Waals surface area contributed by atoms with Gasteiger partial charge in [-0.25, -0.2) is 19.4 Å². The van der Waals surface area contributed by atoms with Gasteiger partial charge in [0.25, 0.3) is 5.91 Å². The summed E-state index contributed by atoms with van der Waals surface area (Å²) in [4.78, 5) is 34.5. The molecule has 0 fully saturated rings. The predicted molar refractivity (Wildman–Crippen MR) is 113 cm³/mol. The van der Waals surface area contributed by atoms with Gasteiger partial charge in [0, 0.05) is 11.7 Å². The summed E-state index contributed by atoms with van der Waals surface area (Å²) in [5.41, 5.74) is 2.50. The highest BCUT2D eigenvalue weighted by Crippen LogP contribution is 2.27. The van der Waals surface area contributed by atoms with Crippen LogP contribution >= 0.6 is 11.3 Å². The lowest BCUT2D eigenvalue weighted by atomic mass is 10.0. The highest BCUT2D eigenvalue weighted by molar-refractivity contribution is 7.17. The van der Waals surface area contributed by atoms with Gasteiger partial charge in [0.2, 0.25) is 0 Å². The lowest BCUT2D eigenvalue weighted by Gasteiger charge is -2.11. The monoisotopic (exact) mass is 415 g/mol. The molecule has 3 aromatic rings. The number of rotatable bonds is 6. The Balaban J connectivity index is 1.99. The van der Waals surface area contributed by atoms with Gasteiger partial charge >= 0.3 is 5.97 Å². The summed E-state index contributed by atoms with van der Waals surface area (Å²) >= 11 is 1.10. The molecule has 0 atom stereocenters. The number of ether oxygens (including phenoxy) is 1. The average molecular weight is 416 g/mol. The standard InChI is InChI=1S/C20H25N5O3S/c1-7-28-19(27)16-12(6)22-20(29-16)24-18(26)13-8-15(10(2)3)23-17-14(13)9-21-25(17)11(4)5/h8-11H,7H2,1-6H3,(H,22,24,26). The Hall–Kier alpha value is -2.81. The summed E-state index contributed by atoms with van der Waals surface area (Å²) in [5, 5.41) is 8.25. The molecule has 0 radical (unpaired) electrons. The van der Waals surface area contributed by atoms with Crippen LogP contribution in [0, 0.1) is 6.92 Å². The Bertz CT molecular complexity index is 1070. The molecule has 0 saturated heterocycles. The van der Waals surface area contributed by atoms with E-state index in [0.717, 1.165) is 17.0 Å². The number of nitrogens with zero attached hydrogens (tertiary/aromatic N) is 4. The number of thiazole rings is 1. The fraction of sp³-hybridized carbons (Fsp3) is 0.450. The van der Waals surface area contributed by atoms with Gasteiger partial charge in [0.1, 0.15) is 4.88 Å². The van der Waals surface area contributed by atoms with Crippen molar-refractivity contribution >= 4 is 39.4 Å². The van der Waals surface area contributed by atoms with E-state index in [1.807, 2.05) is 32.4 Å². The van der Waals surface area contributed by atoms with Crippen LogP contribution in [-0.2, 0) is 4.74 Å². The van der Waals surface area contributed by atoms with Crippen LogP contribution in [0.2, 0.25) is 0 Å². The van der Waals surface area contributed by atoms with E-state index in [-0.39, 0.29) is 24.5 Å². The molecule has 3 aromatic heterocycles. The average Bonchev–Trinajstić information content (AvgIpc) is 3.24. The Kier molecular flexibility index (Phi) is 5.97. The zero-order valence-corrected chi connectivity index (χ0v) is 18.3. The molecule has 0 aromatic carbocycles. The molecule has 9 heteroatoms. The second-order valence-corrected chi connectivity index (χ2v) is 8.28. The van der Waals surface area contributed by atoms with Crippen molar-refractivity contribution in [3.05, 3.63) is 34.1 Å². The molecule has 0 aliphatic heterocycles. The van der Waals surface area contributed by atoms with Crippen LogP contribution in [0.3, 0.4) is 0 Å². The molecule has 0 unspecified atom stereocenters. The molecule has 3 rings (SSSR count). The van der Waals surface area contributed by atoms with Crippen LogP contribution in [0.15, 0.2) is 12.3 Å². The first-order valence-electron chi connectivity index (χ1n) is 9.56. The number of carbonyl (C=O) groups excluding carboxylic acids is 2. The first-order valence-corrected chi connectivity index (χ1v) is 10.4. The smallest absolute Gasteiger partial charge is 0.350 e. The third-order valence-corrected chi connectivity index (χ3v) is 5.44. The molecule has 1 amide bonds. The van der Waals surface area contributed by atoms with E-state index < -0.39 is 5.97 Å². The maximum atomic E-state index is 13.1. The van der Waals surface area contributed by atoms with E-state index in [4.69, 9.17) is 9.72 Å². The lowest BCUT2D eigenvalue weighted by Crippen LogP contribution is -2.14. The van der Waals surface area contributed by atoms with Crippen molar-refractivity contribution in [1.82, 2.24) is 19.7 Å². The molecular formula is C20H25N5O3S. The third-order valence-electron chi connectivity index (χ3n) is 4.39. The van der Waals surface area contributed by atoms with Crippen molar-refractivity contribution in [2.45, 2.75) is 53.5 Å². The largest absolute Gasteiger partial charge is 0.462 e. The first kappa shape index (κ1) is 20.9. The predicted octanol–water partition coefficient (Wildman–Crippen LogP) is 4.33. The van der Waals surface area contributed by atoms with Crippen LogP contribution in [0.5, 0.6) is 0 Å². The maximum Gasteiger partial charge on any atom is 0.350 e. The van der Waals surface area contributed by atoms with Gasteiger partial charge in [-0.1, -0.05) is 25.2 Å². The van der Waals surface area contributed by atoms with E-state index in [1.165, 1.54) is 0 Å². The number of aromatic nitrogens is 4. The van der Waals surface area contributed by atoms with Crippen molar-refractivity contribution in [2.75, 3.05) is 11.9 Å². The minimum absolute atomic E-state index is 0.118. The molecule has 0 saturated carbocycles. The summed E-state index contributed by atoms with van der Waals surface area (Å²) < 4.78 is 6.85. The summed E-state index contributed by atoms with van der Waals surface area (Å²) in [5.74, 6) is -0.597. The van der Waals surface area contributed by atoms with Crippen molar-refractivity contribution in [1.29, 1.82) is 0 Å². The zero-order chi connectivity index (χ0) is 21.3. The molecule has 3 heterocycles. The number of carbonyl (C=O) groups is 2. The SMILES string of the molecule is CCOC(=O)c1sc(NC(=O)c2cc(C(C)C)nc3c2cnn3C(C)C)nc1C. The van der Waals surface area contributed by atoms with Gasteiger partial charge in [0.15, 0.2) is 10.8 Å². The minimum atomic E-state index is -0.436. The van der Waals surface area contributed by atoms with Crippen LogP contribution in [0.25, 0.3) is 11.0 Å². The number of fused-ring (bicyclic) bond motifs is 1. The summed E-state index contributed by atoms with van der Waals surface area (Å²) in [7, 11) is 0. The highest BCUT2D eigenvalue weighted by atomic mass is 32.1. The first-order chi connectivity index (χ1) is 13.7. The second-order valence-electron chi connectivity index (χ2n) is 7.28. The van der Waals surface area contributed by atoms with E-state index in [1.54, 1.807) is 26.1 Å². The van der Waals surface area contributed by atoms with Gasteiger partial charge in [-0.05, 0) is 39.7 Å². The summed E-state index contributed by atoms with van der Waals surface area (Å²) in [6, 6.07) is 1.91. The molecule has 0 aliphatic carbocycles. The third kappa shape index (κ3) is 4.14. The van der Waals surface area contributed by atoms with Crippen LogP contribution < -0.4 is 5.32 Å². The van der Waals surface area contributed by atoms with Gasteiger partial charge in [0.05, 0.1) is 29.4 Å². The number of hydrogen-bond donors (Lipinski definition) is 1. The molecule has 8 nitrogen and oxygen atoms in total. The summed E-state index contributed by atoms with van der Waals surface area (Å²) in [6.45, 7) is 11.8. The summed E-state index contributed by atoms with van der Waals surface area (Å²) in [6.07, 6.45) is 1.67. The van der Waals surface area contributed by atoms with Crippen molar-refractivity contribution < 1.29 is 14.3 Å². The molecule has 154 valence electrons. The van der Waals surface area contributed by atoms with E-state index >= 15 is 0 Å². The van der Waals surface area contributed by atoms with Crippen molar-refractivity contribution in [3.63, 3.8) is 0 Å². The Labute approximate surface area is 173 Å². The van der Waals surface area contributed by atoms with Gasteiger partial charge in [-0.2, -0.15) is 5.10 Å². The number of esters is 1. The van der Waals surface area contributed by atoms with Crippen molar-refractivity contribution in [3.8, 4) is 0 Å². The Morgan fingerprint density at radius 2 is 1.97 bits per heavy atom. The fourth-order valence-corrected chi connectivity index (χ4v) is 3.75. The number of nitrogens with one attached hydrogen (secondary N) is 1. The molecule has 0 aliphatic rings. The van der Waals surface area contributed by atoms with Crippen molar-refractivity contribution in [2.24, 2.45) is 0 Å². The maximum absolute atomic E-state index is 13.1. The van der Waals surface area contributed by atoms with E-state index in [2.05, 4.69) is 15.4 Å². The van der Waals surface area contributed by atoms with Crippen LogP contribution in [0.1, 0.15) is 78.0 Å². The number of amides is 1. The van der Waals surface area contributed by atoms with Gasteiger partial charge in [-0.15, -0.1) is 0 Å². The molecule has 29 heavy (non-hydrogen) atoms. The quantitative estimate of drug-likeness (QED) is 0.602. The number of aryl methyl sites for hydroxylation is 1. The Morgan fingerprint density at radius 3 is 2.59 bits per heavy atom. The zero-order valence-electron chi connectivity index (χ0n) is 17.4. The van der Waals surface area contributed by atoms with Crippen LogP contribution in [-0.4, -0.2) is 38.2 Å².